The van der Waals surface area contributed by atoms with Gasteiger partial charge in [-0.2, -0.15) is 0 Å². The molecule has 2 aliphatic carbocycles. The second-order valence-corrected chi connectivity index (χ2v) is 3.45. The van der Waals surface area contributed by atoms with Crippen LogP contribution in [0.4, 0.5) is 0 Å². The first-order chi connectivity index (χ1) is 5.68. The molecule has 0 aromatic rings. The zero-order valence-corrected chi connectivity index (χ0v) is 7.63. The van der Waals surface area contributed by atoms with Crippen LogP contribution in [-0.2, 0) is 4.79 Å². The Morgan fingerprint density at radius 3 is 2.67 bits per heavy atom. The molecule has 2 nitrogen and oxygen atoms in total. The third-order valence-corrected chi connectivity index (χ3v) is 2.53. The van der Waals surface area contributed by atoms with E-state index in [1.54, 1.807) is 12.2 Å². The summed E-state index contributed by atoms with van der Waals surface area (Å²) < 4.78 is 0.949. The smallest absolute Gasteiger partial charge is 0.335 e. The molecule has 0 aliphatic heterocycles. The van der Waals surface area contributed by atoms with Crippen LogP contribution in [0.1, 0.15) is 0 Å². The first-order valence-electron chi connectivity index (χ1n) is 3.43. The molecule has 3 heteroatoms. The fourth-order valence-electron chi connectivity index (χ4n) is 1.25. The van der Waals surface area contributed by atoms with E-state index >= 15 is 0 Å². The van der Waals surface area contributed by atoms with Gasteiger partial charge < -0.3 is 5.11 Å². The molecule has 60 valence electrons. The Morgan fingerprint density at radius 1 is 1.33 bits per heavy atom. The summed E-state index contributed by atoms with van der Waals surface area (Å²) in [5, 5.41) is 8.68. The van der Waals surface area contributed by atoms with Crippen LogP contribution < -0.4 is 0 Å². The third-order valence-electron chi connectivity index (χ3n) is 1.84. The van der Waals surface area contributed by atoms with E-state index in [4.69, 9.17) is 5.11 Å². The van der Waals surface area contributed by atoms with Crippen LogP contribution in [0.3, 0.4) is 0 Å². The normalized spacial score (nSPS) is 19.4. The molecule has 0 fully saturated rings. The van der Waals surface area contributed by atoms with E-state index in [-0.39, 0.29) is 0 Å². The van der Waals surface area contributed by atoms with Crippen LogP contribution in [0.25, 0.3) is 0 Å². The number of carbonyl (C=O) groups is 1. The van der Waals surface area contributed by atoms with Gasteiger partial charge in [0.15, 0.2) is 0 Å². The molecule has 0 saturated heterocycles. The quantitative estimate of drug-likeness (QED) is 0.742. The number of aliphatic carboxylic acids is 1. The Labute approximate surface area is 77.7 Å². The molecule has 0 saturated carbocycles. The molecule has 0 amide bonds. The van der Waals surface area contributed by atoms with Gasteiger partial charge in [-0.25, -0.2) is 4.79 Å². The van der Waals surface area contributed by atoms with Crippen molar-refractivity contribution in [3.05, 3.63) is 45.5 Å². The predicted octanol–water partition coefficient (Wildman–Crippen LogP) is 2.16. The molecule has 0 radical (unpaired) electrons. The van der Waals surface area contributed by atoms with Gasteiger partial charge in [-0.15, -0.1) is 0 Å². The van der Waals surface area contributed by atoms with Crippen molar-refractivity contribution in [1.29, 1.82) is 0 Å². The highest BCUT2D eigenvalue weighted by molar-refractivity contribution is 9.12. The number of carboxylic acids is 1. The van der Waals surface area contributed by atoms with E-state index in [0.717, 1.165) is 15.6 Å². The Morgan fingerprint density at radius 2 is 2.08 bits per heavy atom. The summed E-state index contributed by atoms with van der Waals surface area (Å²) in [6.45, 7) is 0. The van der Waals surface area contributed by atoms with Gasteiger partial charge in [0, 0.05) is 4.48 Å². The van der Waals surface area contributed by atoms with Gasteiger partial charge in [0.05, 0.1) is 5.57 Å². The monoisotopic (exact) mass is 224 g/mol. The topological polar surface area (TPSA) is 37.3 Å². The largest absolute Gasteiger partial charge is 0.478 e. The maximum Gasteiger partial charge on any atom is 0.335 e. The molecular weight excluding hydrogens is 220 g/mol. The lowest BCUT2D eigenvalue weighted by molar-refractivity contribution is -0.132. The molecule has 2 rings (SSSR count). The molecule has 0 spiro atoms. The van der Waals surface area contributed by atoms with Gasteiger partial charge in [0.25, 0.3) is 0 Å². The molecule has 1 N–H and O–H groups in total. The highest BCUT2D eigenvalue weighted by Gasteiger charge is 2.20. The lowest BCUT2D eigenvalue weighted by Crippen LogP contribution is -1.94. The highest BCUT2D eigenvalue weighted by atomic mass is 79.9. The Balaban J connectivity index is 2.42. The minimum absolute atomic E-state index is 0.348. The molecule has 0 atom stereocenters. The Bertz CT molecular complexity index is 383. The summed E-state index contributed by atoms with van der Waals surface area (Å²) >= 11 is 3.34. The van der Waals surface area contributed by atoms with E-state index in [9.17, 15) is 4.79 Å². The van der Waals surface area contributed by atoms with Crippen molar-refractivity contribution in [2.45, 2.75) is 0 Å². The standard InChI is InChI=1S/C9H5BrO2/c10-8-2-1-5-3-6(9(11)12)4-7(5)8/h1-4H,(H,11,12). The summed E-state index contributed by atoms with van der Waals surface area (Å²) in [4.78, 5) is 10.6. The lowest BCUT2D eigenvalue weighted by Gasteiger charge is -1.92. The molecule has 0 unspecified atom stereocenters. The maximum absolute atomic E-state index is 10.6. The zero-order valence-electron chi connectivity index (χ0n) is 6.04. The SMILES string of the molecule is O=C(O)C1=CC2=CC=C(Br)C2=C1. The second kappa shape index (κ2) is 2.45. The van der Waals surface area contributed by atoms with Crippen molar-refractivity contribution in [1.82, 2.24) is 0 Å². The van der Waals surface area contributed by atoms with Crippen LogP contribution >= 0.6 is 15.9 Å². The van der Waals surface area contributed by atoms with Gasteiger partial charge in [-0.05, 0) is 29.4 Å². The van der Waals surface area contributed by atoms with Crippen molar-refractivity contribution in [2.75, 3.05) is 0 Å². The van der Waals surface area contributed by atoms with E-state index < -0.39 is 5.97 Å². The minimum atomic E-state index is -0.877. The lowest BCUT2D eigenvalue weighted by atomic mass is 10.2. The van der Waals surface area contributed by atoms with E-state index in [2.05, 4.69) is 15.9 Å². The summed E-state index contributed by atoms with van der Waals surface area (Å²) in [6, 6.07) is 0. The fourth-order valence-corrected chi connectivity index (χ4v) is 1.72. The average Bonchev–Trinajstić information content (AvgIpc) is 2.53. The van der Waals surface area contributed by atoms with Crippen molar-refractivity contribution in [3.63, 3.8) is 0 Å². The number of hydrogen-bond acceptors (Lipinski definition) is 1. The molecule has 0 bridgehead atoms. The summed E-state index contributed by atoms with van der Waals surface area (Å²) in [7, 11) is 0. The number of hydrogen-bond donors (Lipinski definition) is 1. The first-order valence-corrected chi connectivity index (χ1v) is 4.23. The number of allylic oxidation sites excluding steroid dienone is 6. The molecule has 12 heavy (non-hydrogen) atoms. The van der Waals surface area contributed by atoms with Gasteiger partial charge in [-0.1, -0.05) is 22.0 Å². The summed E-state index contributed by atoms with van der Waals surface area (Å²) in [5.41, 5.74) is 2.29. The third kappa shape index (κ3) is 0.975. The van der Waals surface area contributed by atoms with Crippen LogP contribution in [-0.4, -0.2) is 11.1 Å². The van der Waals surface area contributed by atoms with Gasteiger partial charge in [-0.3, -0.25) is 0 Å². The second-order valence-electron chi connectivity index (χ2n) is 2.60. The number of fused-ring (bicyclic) bond motifs is 1. The molecule has 2 aliphatic rings. The number of halogens is 1. The van der Waals surface area contributed by atoms with Gasteiger partial charge in [0.2, 0.25) is 0 Å². The van der Waals surface area contributed by atoms with Gasteiger partial charge in [0.1, 0.15) is 0 Å². The molecule has 0 aromatic carbocycles. The Hall–Kier alpha value is -1.09. The van der Waals surface area contributed by atoms with Crippen molar-refractivity contribution in [3.8, 4) is 0 Å². The van der Waals surface area contributed by atoms with E-state index in [0.29, 0.717) is 5.57 Å². The van der Waals surface area contributed by atoms with Crippen LogP contribution in [0.2, 0.25) is 0 Å². The molecular formula is C9H5BrO2. The molecule has 0 heterocycles. The minimum Gasteiger partial charge on any atom is -0.478 e. The van der Waals surface area contributed by atoms with Gasteiger partial charge >= 0.3 is 5.97 Å². The van der Waals surface area contributed by atoms with Crippen LogP contribution in [0, 0.1) is 0 Å². The fraction of sp³-hybridized carbons (Fsp3) is 0. The highest BCUT2D eigenvalue weighted by Crippen LogP contribution is 2.36. The van der Waals surface area contributed by atoms with Crippen LogP contribution in [0.5, 0.6) is 0 Å². The Kier molecular flexibility index (Phi) is 1.54. The van der Waals surface area contributed by atoms with Crippen molar-refractivity contribution < 1.29 is 9.90 Å². The van der Waals surface area contributed by atoms with Crippen molar-refractivity contribution >= 4 is 21.9 Å². The summed E-state index contributed by atoms with van der Waals surface area (Å²) in [5.74, 6) is -0.877. The number of rotatable bonds is 1. The van der Waals surface area contributed by atoms with E-state index in [1.807, 2.05) is 12.2 Å². The first kappa shape index (κ1) is 7.55. The average molecular weight is 225 g/mol. The number of carboxylic acid groups (broad SMARTS) is 1. The van der Waals surface area contributed by atoms with Crippen LogP contribution in [0.15, 0.2) is 45.5 Å². The van der Waals surface area contributed by atoms with E-state index in [1.165, 1.54) is 0 Å². The maximum atomic E-state index is 10.6. The van der Waals surface area contributed by atoms with Crippen molar-refractivity contribution in [2.24, 2.45) is 0 Å². The predicted molar refractivity (Wildman–Crippen MR) is 48.9 cm³/mol. The molecule has 0 aromatic heterocycles. The zero-order chi connectivity index (χ0) is 8.72. The summed E-state index contributed by atoms with van der Waals surface area (Å²) in [6.07, 6.45) is 7.15.